The number of imidazole rings is 1. The van der Waals surface area contributed by atoms with Gasteiger partial charge in [-0.15, -0.1) is 0 Å². The summed E-state index contributed by atoms with van der Waals surface area (Å²) in [6.45, 7) is 6.09. The predicted octanol–water partition coefficient (Wildman–Crippen LogP) is 6.36. The molecule has 0 radical (unpaired) electrons. The largest absolute Gasteiger partial charge is 0.496 e. The van der Waals surface area contributed by atoms with E-state index in [0.29, 0.717) is 10.7 Å². The molecular weight excluding hydrogens is 408 g/mol. The molecular formula is C25H27ClN4O. The molecule has 0 amide bonds. The number of benzene rings is 2. The van der Waals surface area contributed by atoms with Gasteiger partial charge in [-0.1, -0.05) is 35.9 Å². The zero-order valence-electron chi connectivity index (χ0n) is 18.2. The summed E-state index contributed by atoms with van der Waals surface area (Å²) >= 11 is 5.76. The summed E-state index contributed by atoms with van der Waals surface area (Å²) in [5, 5.41) is 1.89. The third-order valence-corrected chi connectivity index (χ3v) is 5.25. The summed E-state index contributed by atoms with van der Waals surface area (Å²) in [6.07, 6.45) is 7.78. The van der Waals surface area contributed by atoms with Crippen LogP contribution in [-0.4, -0.2) is 21.5 Å². The number of pyridine rings is 1. The molecule has 0 saturated heterocycles. The second-order valence-electron chi connectivity index (χ2n) is 7.21. The quantitative estimate of drug-likeness (QED) is 0.301. The van der Waals surface area contributed by atoms with E-state index < -0.39 is 0 Å². The van der Waals surface area contributed by atoms with Crippen molar-refractivity contribution < 1.29 is 4.74 Å². The Hall–Kier alpha value is -3.44. The summed E-state index contributed by atoms with van der Waals surface area (Å²) in [4.78, 5) is 7.37. The summed E-state index contributed by atoms with van der Waals surface area (Å²) in [6, 6.07) is 15.9. The van der Waals surface area contributed by atoms with Gasteiger partial charge in [0.1, 0.15) is 11.4 Å². The van der Waals surface area contributed by atoms with Crippen LogP contribution in [0.4, 0.5) is 5.69 Å². The minimum atomic E-state index is 0.550. The average molecular weight is 435 g/mol. The number of aromatic amines is 1. The van der Waals surface area contributed by atoms with E-state index in [1.165, 1.54) is 22.0 Å². The molecule has 5 aromatic rings. The molecule has 6 heteroatoms. The Labute approximate surface area is 187 Å². The van der Waals surface area contributed by atoms with E-state index >= 15 is 0 Å². The number of para-hydroxylation sites is 1. The number of hydrogen-bond donors (Lipinski definition) is 2. The lowest BCUT2D eigenvalue weighted by atomic mass is 10.2. The zero-order chi connectivity index (χ0) is 22.4. The number of halogens is 1. The van der Waals surface area contributed by atoms with Crippen molar-refractivity contribution >= 4 is 33.8 Å². The van der Waals surface area contributed by atoms with E-state index in [-0.39, 0.29) is 0 Å². The van der Waals surface area contributed by atoms with Crippen LogP contribution in [0.2, 0.25) is 5.02 Å². The number of nitrogen functional groups attached to an aromatic ring is 1. The molecule has 3 aromatic heterocycles. The Morgan fingerprint density at radius 1 is 0.968 bits per heavy atom. The lowest BCUT2D eigenvalue weighted by Gasteiger charge is -2.06. The van der Waals surface area contributed by atoms with Gasteiger partial charge in [-0.3, -0.25) is 0 Å². The van der Waals surface area contributed by atoms with Crippen LogP contribution in [0.5, 0.6) is 5.75 Å². The molecule has 0 spiro atoms. The fraction of sp³-hybridized carbons (Fsp3) is 0.160. The van der Waals surface area contributed by atoms with Gasteiger partial charge in [0.05, 0.1) is 17.8 Å². The van der Waals surface area contributed by atoms with Crippen LogP contribution in [0.15, 0.2) is 73.3 Å². The monoisotopic (exact) mass is 434 g/mol. The second kappa shape index (κ2) is 10.0. The standard InChI is InChI=1S/C9H9N.C8H10ClNO.C8H8N2/c1-7-6-10-9-5-3-2-4-8(7)9;1-5-3-6(9)7(10)4-8(5)11-2;1-7-3-2-5-10-6-4-9-8(7)10/h2-6,10H,1H3;3-4H,10H2,1-2H3;2-6H,1H3. The lowest BCUT2D eigenvalue weighted by Crippen LogP contribution is -1.91. The summed E-state index contributed by atoms with van der Waals surface area (Å²) in [5.74, 6) is 0.770. The van der Waals surface area contributed by atoms with E-state index in [1.807, 2.05) is 48.2 Å². The molecule has 0 aliphatic rings. The highest BCUT2D eigenvalue weighted by Gasteiger charge is 2.02. The zero-order valence-corrected chi connectivity index (χ0v) is 18.9. The molecule has 0 aliphatic carbocycles. The number of ether oxygens (including phenoxy) is 1. The van der Waals surface area contributed by atoms with Crippen molar-refractivity contribution in [2.24, 2.45) is 0 Å². The molecule has 0 fully saturated rings. The van der Waals surface area contributed by atoms with Gasteiger partial charge in [0.2, 0.25) is 0 Å². The number of anilines is 1. The first-order valence-electron chi connectivity index (χ1n) is 9.91. The van der Waals surface area contributed by atoms with Crippen molar-refractivity contribution in [1.82, 2.24) is 14.4 Å². The van der Waals surface area contributed by atoms with Crippen LogP contribution in [-0.2, 0) is 0 Å². The van der Waals surface area contributed by atoms with Crippen LogP contribution >= 0.6 is 11.6 Å². The number of nitrogens with zero attached hydrogens (tertiary/aromatic N) is 2. The fourth-order valence-corrected chi connectivity index (χ4v) is 3.42. The number of aromatic nitrogens is 3. The number of nitrogens with one attached hydrogen (secondary N) is 1. The first-order chi connectivity index (χ1) is 14.9. The van der Waals surface area contributed by atoms with Gasteiger partial charge in [0.15, 0.2) is 0 Å². The molecule has 3 N–H and O–H groups in total. The molecule has 5 rings (SSSR count). The Kier molecular flexibility index (Phi) is 7.21. The average Bonchev–Trinajstić information content (AvgIpc) is 3.40. The Morgan fingerprint density at radius 3 is 2.45 bits per heavy atom. The predicted molar refractivity (Wildman–Crippen MR) is 130 cm³/mol. The van der Waals surface area contributed by atoms with Crippen molar-refractivity contribution in [2.75, 3.05) is 12.8 Å². The van der Waals surface area contributed by atoms with E-state index in [0.717, 1.165) is 17.0 Å². The number of hydrogen-bond acceptors (Lipinski definition) is 3. The molecule has 0 bridgehead atoms. The van der Waals surface area contributed by atoms with E-state index in [1.54, 1.807) is 19.2 Å². The molecule has 0 atom stereocenters. The van der Waals surface area contributed by atoms with Gasteiger partial charge in [0, 0.05) is 41.8 Å². The maximum Gasteiger partial charge on any atom is 0.139 e. The first kappa shape index (κ1) is 22.2. The smallest absolute Gasteiger partial charge is 0.139 e. The Morgan fingerprint density at radius 2 is 1.74 bits per heavy atom. The Bertz CT molecular complexity index is 1280. The number of methoxy groups -OCH3 is 1. The highest BCUT2D eigenvalue weighted by atomic mass is 35.5. The maximum absolute atomic E-state index is 5.76. The molecule has 0 aliphatic heterocycles. The van der Waals surface area contributed by atoms with Gasteiger partial charge >= 0.3 is 0 Å². The number of fused-ring (bicyclic) bond motifs is 2. The molecule has 31 heavy (non-hydrogen) atoms. The number of rotatable bonds is 1. The van der Waals surface area contributed by atoms with E-state index in [2.05, 4.69) is 48.1 Å². The van der Waals surface area contributed by atoms with Gasteiger partial charge in [-0.05, 0) is 55.7 Å². The Balaban J connectivity index is 0.000000132. The topological polar surface area (TPSA) is 68.3 Å². The third-order valence-electron chi connectivity index (χ3n) is 4.92. The molecule has 0 unspecified atom stereocenters. The minimum Gasteiger partial charge on any atom is -0.496 e. The van der Waals surface area contributed by atoms with Gasteiger partial charge < -0.3 is 19.9 Å². The van der Waals surface area contributed by atoms with Crippen LogP contribution < -0.4 is 10.5 Å². The molecule has 2 aromatic carbocycles. The normalized spacial score (nSPS) is 10.2. The molecule has 0 saturated carbocycles. The van der Waals surface area contributed by atoms with Crippen molar-refractivity contribution in [1.29, 1.82) is 0 Å². The second-order valence-corrected chi connectivity index (χ2v) is 7.62. The van der Waals surface area contributed by atoms with E-state index in [4.69, 9.17) is 22.1 Å². The molecule has 160 valence electrons. The highest BCUT2D eigenvalue weighted by Crippen LogP contribution is 2.27. The highest BCUT2D eigenvalue weighted by molar-refractivity contribution is 6.33. The number of H-pyrrole nitrogens is 1. The first-order valence-corrected chi connectivity index (χ1v) is 10.3. The van der Waals surface area contributed by atoms with Crippen LogP contribution in [0, 0.1) is 20.8 Å². The van der Waals surface area contributed by atoms with E-state index in [9.17, 15) is 0 Å². The van der Waals surface area contributed by atoms with Crippen molar-refractivity contribution in [3.8, 4) is 5.75 Å². The number of nitrogens with two attached hydrogens (primary N) is 1. The van der Waals surface area contributed by atoms with Crippen molar-refractivity contribution in [3.05, 3.63) is 95.0 Å². The van der Waals surface area contributed by atoms with Gasteiger partial charge in [-0.25, -0.2) is 4.98 Å². The fourth-order valence-electron chi connectivity index (χ4n) is 3.20. The summed E-state index contributed by atoms with van der Waals surface area (Å²) < 4.78 is 7.05. The minimum absolute atomic E-state index is 0.550. The van der Waals surface area contributed by atoms with Crippen LogP contribution in [0.3, 0.4) is 0 Å². The molecule has 5 nitrogen and oxygen atoms in total. The molecule has 3 heterocycles. The maximum atomic E-state index is 5.76. The summed E-state index contributed by atoms with van der Waals surface area (Å²) in [7, 11) is 1.61. The lowest BCUT2D eigenvalue weighted by molar-refractivity contribution is 0.412. The van der Waals surface area contributed by atoms with Crippen LogP contribution in [0.1, 0.15) is 16.7 Å². The third kappa shape index (κ3) is 5.38. The number of aryl methyl sites for hydroxylation is 3. The van der Waals surface area contributed by atoms with Crippen molar-refractivity contribution in [3.63, 3.8) is 0 Å². The van der Waals surface area contributed by atoms with Crippen LogP contribution in [0.25, 0.3) is 16.6 Å². The summed E-state index contributed by atoms with van der Waals surface area (Å²) in [5.41, 5.74) is 11.9. The van der Waals surface area contributed by atoms with Gasteiger partial charge in [-0.2, -0.15) is 0 Å². The SMILES string of the molecule is COc1cc(N)c(Cl)cc1C.Cc1c[nH]c2ccccc12.Cc1cccn2ccnc12. The van der Waals surface area contributed by atoms with Crippen molar-refractivity contribution in [2.45, 2.75) is 20.8 Å². The van der Waals surface area contributed by atoms with Gasteiger partial charge in [0.25, 0.3) is 0 Å².